The molecular weight excluding hydrogens is 216 g/mol. The molecule has 0 unspecified atom stereocenters. The van der Waals surface area contributed by atoms with Gasteiger partial charge in [0.15, 0.2) is 0 Å². The molecule has 0 aromatic heterocycles. The molecule has 0 aromatic rings. The van der Waals surface area contributed by atoms with Gasteiger partial charge in [-0.05, 0) is 12.8 Å². The van der Waals surface area contributed by atoms with Crippen molar-refractivity contribution in [3.63, 3.8) is 0 Å². The molecule has 0 radical (unpaired) electrons. The number of rotatable bonds is 7. The number of primary amides is 1. The summed E-state index contributed by atoms with van der Waals surface area (Å²) in [7, 11) is 0. The van der Waals surface area contributed by atoms with E-state index in [4.69, 9.17) is 15.6 Å². The average Bonchev–Trinajstić information content (AvgIpc) is 2.96. The first-order valence-electron chi connectivity index (χ1n) is 4.87. The molecule has 1 aliphatic carbocycles. The Morgan fingerprint density at radius 1 is 1.38 bits per heavy atom. The van der Waals surface area contributed by atoms with Gasteiger partial charge in [-0.3, -0.25) is 14.4 Å². The molecule has 0 heterocycles. The van der Waals surface area contributed by atoms with Gasteiger partial charge < -0.3 is 20.9 Å². The fourth-order valence-electron chi connectivity index (χ4n) is 1.24. The van der Waals surface area contributed by atoms with Gasteiger partial charge in [-0.15, -0.1) is 0 Å². The lowest BCUT2D eigenvalue weighted by atomic mass is 10.1. The smallest absolute Gasteiger partial charge is 0.319 e. The normalized spacial score (nSPS) is 16.5. The largest absolute Gasteiger partial charge is 0.480 e. The van der Waals surface area contributed by atoms with Crippen LogP contribution in [0.15, 0.2) is 0 Å². The lowest BCUT2D eigenvalue weighted by molar-refractivity contribution is -0.149. The summed E-state index contributed by atoms with van der Waals surface area (Å²) >= 11 is 0. The standard InChI is InChI=1S/C9H14N2O5/c10-6(12)5-16-4-3-11-7(13)9(1-2-9)8(14)15/h1-5H2,(H2,10,12)(H,11,13)(H,14,15). The summed E-state index contributed by atoms with van der Waals surface area (Å²) in [5.74, 6) is -2.18. The maximum absolute atomic E-state index is 11.4. The lowest BCUT2D eigenvalue weighted by Crippen LogP contribution is -2.38. The third-order valence-electron chi connectivity index (χ3n) is 2.37. The van der Waals surface area contributed by atoms with Gasteiger partial charge in [0, 0.05) is 6.54 Å². The van der Waals surface area contributed by atoms with Gasteiger partial charge in [-0.25, -0.2) is 0 Å². The maximum atomic E-state index is 11.4. The molecule has 16 heavy (non-hydrogen) atoms. The van der Waals surface area contributed by atoms with E-state index in [9.17, 15) is 14.4 Å². The fraction of sp³-hybridized carbons (Fsp3) is 0.667. The van der Waals surface area contributed by atoms with E-state index in [1.165, 1.54) is 0 Å². The number of hydrogen-bond acceptors (Lipinski definition) is 4. The van der Waals surface area contributed by atoms with E-state index in [-0.39, 0.29) is 19.8 Å². The second-order valence-corrected chi connectivity index (χ2v) is 3.66. The van der Waals surface area contributed by atoms with Crippen molar-refractivity contribution < 1.29 is 24.2 Å². The van der Waals surface area contributed by atoms with Crippen molar-refractivity contribution in [1.82, 2.24) is 5.32 Å². The van der Waals surface area contributed by atoms with Crippen molar-refractivity contribution >= 4 is 17.8 Å². The highest BCUT2D eigenvalue weighted by Gasteiger charge is 2.56. The van der Waals surface area contributed by atoms with Crippen LogP contribution in [0, 0.1) is 5.41 Å². The number of carbonyl (C=O) groups excluding carboxylic acids is 2. The van der Waals surface area contributed by atoms with Gasteiger partial charge in [0.2, 0.25) is 11.8 Å². The van der Waals surface area contributed by atoms with Crippen molar-refractivity contribution in [3.8, 4) is 0 Å². The number of ether oxygens (including phenoxy) is 1. The summed E-state index contributed by atoms with van der Waals surface area (Å²) in [6.45, 7) is 0.0888. The molecule has 1 saturated carbocycles. The van der Waals surface area contributed by atoms with Crippen molar-refractivity contribution in [2.24, 2.45) is 11.1 Å². The number of amides is 2. The molecule has 0 saturated heterocycles. The zero-order chi connectivity index (χ0) is 12.2. The Morgan fingerprint density at radius 2 is 2.00 bits per heavy atom. The summed E-state index contributed by atoms with van der Waals surface area (Å²) in [4.78, 5) is 32.5. The second-order valence-electron chi connectivity index (χ2n) is 3.66. The van der Waals surface area contributed by atoms with Crippen LogP contribution in [0.5, 0.6) is 0 Å². The van der Waals surface area contributed by atoms with Gasteiger partial charge in [0.1, 0.15) is 12.0 Å². The van der Waals surface area contributed by atoms with Crippen LogP contribution in [0.1, 0.15) is 12.8 Å². The van der Waals surface area contributed by atoms with E-state index in [2.05, 4.69) is 5.32 Å². The van der Waals surface area contributed by atoms with Crippen LogP contribution in [0.4, 0.5) is 0 Å². The molecule has 90 valence electrons. The van der Waals surface area contributed by atoms with Crippen molar-refractivity contribution in [2.45, 2.75) is 12.8 Å². The van der Waals surface area contributed by atoms with Crippen LogP contribution >= 0.6 is 0 Å². The van der Waals surface area contributed by atoms with Crippen molar-refractivity contribution in [1.29, 1.82) is 0 Å². The first-order valence-corrected chi connectivity index (χ1v) is 4.87. The van der Waals surface area contributed by atoms with Gasteiger partial charge in [-0.2, -0.15) is 0 Å². The minimum absolute atomic E-state index is 0.129. The minimum Gasteiger partial charge on any atom is -0.480 e. The Labute approximate surface area is 91.9 Å². The Morgan fingerprint density at radius 3 is 2.44 bits per heavy atom. The number of nitrogens with two attached hydrogens (primary N) is 1. The van der Waals surface area contributed by atoms with Crippen LogP contribution in [-0.2, 0) is 19.1 Å². The zero-order valence-corrected chi connectivity index (χ0v) is 8.69. The zero-order valence-electron chi connectivity index (χ0n) is 8.69. The summed E-state index contributed by atoms with van der Waals surface area (Å²) in [5.41, 5.74) is 3.59. The number of hydrogen-bond donors (Lipinski definition) is 3. The Kier molecular flexibility index (Phi) is 3.83. The Bertz CT molecular complexity index is 311. The molecule has 7 heteroatoms. The van der Waals surface area contributed by atoms with Gasteiger partial charge in [0.25, 0.3) is 0 Å². The van der Waals surface area contributed by atoms with E-state index in [0.29, 0.717) is 12.8 Å². The van der Waals surface area contributed by atoms with E-state index in [0.717, 1.165) is 0 Å². The van der Waals surface area contributed by atoms with Gasteiger partial charge in [0.05, 0.1) is 6.61 Å². The molecule has 0 spiro atoms. The Balaban J connectivity index is 2.16. The van der Waals surface area contributed by atoms with Crippen LogP contribution in [0.3, 0.4) is 0 Å². The lowest BCUT2D eigenvalue weighted by Gasteiger charge is -2.10. The number of carboxylic acid groups (broad SMARTS) is 1. The highest BCUT2D eigenvalue weighted by molar-refractivity contribution is 6.04. The highest BCUT2D eigenvalue weighted by Crippen LogP contribution is 2.45. The third kappa shape index (κ3) is 2.93. The predicted octanol–water partition coefficient (Wildman–Crippen LogP) is -1.53. The Hall–Kier alpha value is -1.63. The first kappa shape index (κ1) is 12.4. The number of aliphatic carboxylic acids is 1. The van der Waals surface area contributed by atoms with E-state index < -0.39 is 23.2 Å². The topological polar surface area (TPSA) is 119 Å². The predicted molar refractivity (Wildman–Crippen MR) is 52.3 cm³/mol. The number of carbonyl (C=O) groups is 3. The number of carboxylic acids is 1. The SMILES string of the molecule is NC(=O)COCCNC(=O)C1(C(=O)O)CC1. The summed E-state index contributed by atoms with van der Waals surface area (Å²) in [6.07, 6.45) is 0.743. The van der Waals surface area contributed by atoms with Crippen LogP contribution < -0.4 is 11.1 Å². The van der Waals surface area contributed by atoms with E-state index in [1.54, 1.807) is 0 Å². The molecular formula is C9H14N2O5. The summed E-state index contributed by atoms with van der Waals surface area (Å²) in [5, 5.41) is 11.2. The maximum Gasteiger partial charge on any atom is 0.319 e. The molecule has 0 bridgehead atoms. The minimum atomic E-state index is -1.23. The monoisotopic (exact) mass is 230 g/mol. The first-order chi connectivity index (χ1) is 7.49. The van der Waals surface area contributed by atoms with Crippen LogP contribution in [-0.4, -0.2) is 42.6 Å². The summed E-state index contributed by atoms with van der Waals surface area (Å²) in [6, 6.07) is 0. The quantitative estimate of drug-likeness (QED) is 0.362. The second kappa shape index (κ2) is 4.93. The fourth-order valence-corrected chi connectivity index (χ4v) is 1.24. The number of nitrogens with one attached hydrogen (secondary N) is 1. The molecule has 7 nitrogen and oxygen atoms in total. The molecule has 0 aromatic carbocycles. The molecule has 4 N–H and O–H groups in total. The van der Waals surface area contributed by atoms with Gasteiger partial charge in [-0.1, -0.05) is 0 Å². The molecule has 1 aliphatic rings. The van der Waals surface area contributed by atoms with E-state index in [1.807, 2.05) is 0 Å². The van der Waals surface area contributed by atoms with E-state index >= 15 is 0 Å². The van der Waals surface area contributed by atoms with Crippen LogP contribution in [0.25, 0.3) is 0 Å². The molecule has 1 rings (SSSR count). The van der Waals surface area contributed by atoms with Crippen molar-refractivity contribution in [2.75, 3.05) is 19.8 Å². The molecule has 1 fully saturated rings. The average molecular weight is 230 g/mol. The summed E-state index contributed by atoms with van der Waals surface area (Å²) < 4.78 is 4.80. The van der Waals surface area contributed by atoms with Crippen molar-refractivity contribution in [3.05, 3.63) is 0 Å². The molecule has 2 amide bonds. The highest BCUT2D eigenvalue weighted by atomic mass is 16.5. The van der Waals surface area contributed by atoms with Crippen LogP contribution in [0.2, 0.25) is 0 Å². The van der Waals surface area contributed by atoms with Gasteiger partial charge >= 0.3 is 5.97 Å². The molecule has 0 atom stereocenters. The third-order valence-corrected chi connectivity index (χ3v) is 2.37. The molecule has 0 aliphatic heterocycles.